The zero-order valence-electron chi connectivity index (χ0n) is 13.1. The van der Waals surface area contributed by atoms with Crippen molar-refractivity contribution in [3.8, 4) is 11.3 Å². The predicted molar refractivity (Wildman–Crippen MR) is 98.1 cm³/mol. The molecule has 130 valence electrons. The Labute approximate surface area is 149 Å². The van der Waals surface area contributed by atoms with Gasteiger partial charge in [-0.25, -0.2) is 15.5 Å². The average Bonchev–Trinajstić information content (AvgIpc) is 3.03. The van der Waals surface area contributed by atoms with Crippen LogP contribution >= 0.6 is 23.5 Å². The molecule has 0 aliphatic rings. The summed E-state index contributed by atoms with van der Waals surface area (Å²) in [5, 5.41) is 14.1. The molecule has 0 atom stereocenters. The quantitative estimate of drug-likeness (QED) is 0.221. The molecule has 1 heterocycles. The molecule has 1 aromatic heterocycles. The molecule has 0 bridgehead atoms. The molecule has 0 saturated heterocycles. The molecule has 0 spiro atoms. The number of nitrogens with one attached hydrogen (secondary N) is 2. The second-order valence-electron chi connectivity index (χ2n) is 5.05. The lowest BCUT2D eigenvalue weighted by atomic mass is 10.2. The Morgan fingerprint density at radius 3 is 2.83 bits per heavy atom. The third-order valence-electron chi connectivity index (χ3n) is 3.16. The highest BCUT2D eigenvalue weighted by atomic mass is 32.2. The van der Waals surface area contributed by atoms with Gasteiger partial charge in [0.1, 0.15) is 0 Å². The van der Waals surface area contributed by atoms with Gasteiger partial charge in [0.15, 0.2) is 5.13 Å². The SMILES string of the molecule is NN(O)SNCCCCCC(=O)Nc1nc(-c2ccccc2)cs1. The van der Waals surface area contributed by atoms with Crippen molar-refractivity contribution in [1.82, 2.24) is 14.3 Å². The molecule has 0 fully saturated rings. The largest absolute Gasteiger partial charge is 0.302 e. The number of benzene rings is 1. The van der Waals surface area contributed by atoms with Crippen molar-refractivity contribution in [1.29, 1.82) is 0 Å². The van der Waals surface area contributed by atoms with Gasteiger partial charge in [-0.3, -0.25) is 10.0 Å². The second kappa shape index (κ2) is 10.4. The van der Waals surface area contributed by atoms with Gasteiger partial charge >= 0.3 is 0 Å². The molecule has 5 N–H and O–H groups in total. The molecular formula is C15H21N5O2S2. The van der Waals surface area contributed by atoms with Gasteiger partial charge < -0.3 is 5.32 Å². The van der Waals surface area contributed by atoms with Gasteiger partial charge in [0.2, 0.25) is 5.91 Å². The first-order valence-corrected chi connectivity index (χ1v) is 9.25. The average molecular weight is 368 g/mol. The number of rotatable bonds is 10. The van der Waals surface area contributed by atoms with Gasteiger partial charge in [-0.1, -0.05) is 41.3 Å². The van der Waals surface area contributed by atoms with E-state index in [1.165, 1.54) is 11.3 Å². The van der Waals surface area contributed by atoms with E-state index in [0.717, 1.165) is 42.7 Å². The van der Waals surface area contributed by atoms with Crippen molar-refractivity contribution in [2.24, 2.45) is 5.84 Å². The van der Waals surface area contributed by atoms with Gasteiger partial charge in [-0.15, -0.1) is 11.3 Å². The zero-order valence-corrected chi connectivity index (χ0v) is 14.8. The van der Waals surface area contributed by atoms with Crippen LogP contribution in [-0.2, 0) is 4.79 Å². The highest BCUT2D eigenvalue weighted by Crippen LogP contribution is 2.24. The van der Waals surface area contributed by atoms with E-state index in [-0.39, 0.29) is 5.91 Å². The Kier molecular flexibility index (Phi) is 8.16. The monoisotopic (exact) mass is 367 g/mol. The van der Waals surface area contributed by atoms with E-state index >= 15 is 0 Å². The van der Waals surface area contributed by atoms with Crippen molar-refractivity contribution in [3.05, 3.63) is 35.7 Å². The lowest BCUT2D eigenvalue weighted by Gasteiger charge is -2.06. The number of anilines is 1. The smallest absolute Gasteiger partial charge is 0.226 e. The molecule has 1 amide bonds. The summed E-state index contributed by atoms with van der Waals surface area (Å²) in [7, 11) is 0. The third kappa shape index (κ3) is 6.95. The maximum atomic E-state index is 11.9. The summed E-state index contributed by atoms with van der Waals surface area (Å²) in [6.45, 7) is 0.716. The first kappa shape index (κ1) is 18.8. The van der Waals surface area contributed by atoms with Crippen LogP contribution in [0.2, 0.25) is 0 Å². The molecule has 9 heteroatoms. The minimum Gasteiger partial charge on any atom is -0.302 e. The van der Waals surface area contributed by atoms with Crippen molar-refractivity contribution >= 4 is 34.5 Å². The Morgan fingerprint density at radius 2 is 2.08 bits per heavy atom. The van der Waals surface area contributed by atoms with Crippen molar-refractivity contribution in [2.75, 3.05) is 11.9 Å². The number of hydrazine groups is 1. The molecule has 2 aromatic rings. The fourth-order valence-electron chi connectivity index (χ4n) is 2.03. The van der Waals surface area contributed by atoms with Crippen LogP contribution in [0.5, 0.6) is 0 Å². The molecule has 24 heavy (non-hydrogen) atoms. The maximum absolute atomic E-state index is 11.9. The second-order valence-corrected chi connectivity index (χ2v) is 6.75. The van der Waals surface area contributed by atoms with E-state index in [1.54, 1.807) is 0 Å². The van der Waals surface area contributed by atoms with Crippen molar-refractivity contribution in [2.45, 2.75) is 25.7 Å². The zero-order chi connectivity index (χ0) is 17.2. The third-order valence-corrected chi connectivity index (χ3v) is 4.44. The topological polar surface area (TPSA) is 104 Å². The molecule has 0 saturated carbocycles. The van der Waals surface area contributed by atoms with E-state index in [0.29, 0.717) is 22.7 Å². The van der Waals surface area contributed by atoms with E-state index in [2.05, 4.69) is 15.0 Å². The molecule has 0 aliphatic heterocycles. The van der Waals surface area contributed by atoms with E-state index < -0.39 is 0 Å². The first-order valence-electron chi connectivity index (χ1n) is 7.59. The van der Waals surface area contributed by atoms with Gasteiger partial charge in [-0.05, 0) is 12.8 Å². The Balaban J connectivity index is 1.64. The molecule has 1 aromatic carbocycles. The predicted octanol–water partition coefficient (Wildman–Crippen LogP) is 3.03. The van der Waals surface area contributed by atoms with Crippen LogP contribution in [0.3, 0.4) is 0 Å². The summed E-state index contributed by atoms with van der Waals surface area (Å²) in [4.78, 5) is 16.4. The van der Waals surface area contributed by atoms with Gasteiger partial charge in [0.25, 0.3) is 0 Å². The van der Waals surface area contributed by atoms with Gasteiger partial charge in [0.05, 0.1) is 17.8 Å². The van der Waals surface area contributed by atoms with Crippen LogP contribution in [0, 0.1) is 0 Å². The van der Waals surface area contributed by atoms with Crippen molar-refractivity contribution in [3.63, 3.8) is 0 Å². The van der Waals surface area contributed by atoms with Gasteiger partial charge in [0, 0.05) is 23.9 Å². The number of carbonyl (C=O) groups is 1. The fourth-order valence-corrected chi connectivity index (χ4v) is 3.13. The van der Waals surface area contributed by atoms with E-state index in [9.17, 15) is 4.79 Å². The minimum atomic E-state index is -0.0187. The molecule has 0 unspecified atom stereocenters. The summed E-state index contributed by atoms with van der Waals surface area (Å²) in [6, 6.07) is 9.88. The molecule has 0 aliphatic carbocycles. The van der Waals surface area contributed by atoms with Crippen LogP contribution in [0.1, 0.15) is 25.7 Å². The first-order chi connectivity index (χ1) is 11.6. The van der Waals surface area contributed by atoms with Crippen LogP contribution < -0.4 is 15.9 Å². The summed E-state index contributed by atoms with van der Waals surface area (Å²) in [5.74, 6) is 5.00. The molecule has 7 nitrogen and oxygen atoms in total. The number of hydrogen-bond donors (Lipinski definition) is 4. The van der Waals surface area contributed by atoms with E-state index in [4.69, 9.17) is 11.0 Å². The van der Waals surface area contributed by atoms with Crippen LogP contribution in [0.4, 0.5) is 5.13 Å². The number of amides is 1. The Bertz CT molecular complexity index is 621. The summed E-state index contributed by atoms with van der Waals surface area (Å²) >= 11 is 2.36. The van der Waals surface area contributed by atoms with Crippen LogP contribution in [-0.4, -0.2) is 27.2 Å². The van der Waals surface area contributed by atoms with Crippen molar-refractivity contribution < 1.29 is 10.0 Å². The lowest BCUT2D eigenvalue weighted by molar-refractivity contribution is -0.116. The Morgan fingerprint density at radius 1 is 1.29 bits per heavy atom. The van der Waals surface area contributed by atoms with Crippen LogP contribution in [0.15, 0.2) is 35.7 Å². The number of nitrogens with two attached hydrogens (primary N) is 1. The normalized spacial score (nSPS) is 11.0. The number of unbranched alkanes of at least 4 members (excludes halogenated alkanes) is 2. The number of nitrogens with zero attached hydrogens (tertiary/aromatic N) is 2. The highest BCUT2D eigenvalue weighted by Gasteiger charge is 2.07. The highest BCUT2D eigenvalue weighted by molar-refractivity contribution is 7.94. The number of thiazole rings is 1. The lowest BCUT2D eigenvalue weighted by Crippen LogP contribution is -2.24. The summed E-state index contributed by atoms with van der Waals surface area (Å²) in [6.07, 6.45) is 3.10. The molecular weight excluding hydrogens is 346 g/mol. The standard InChI is InChI=1S/C15H21N5O2S2/c16-20(22)24-17-10-6-2-5-9-14(21)19-15-18-13(11-23-15)12-7-3-1-4-8-12/h1,3-4,7-8,11,17,22H,2,5-6,9-10,16H2,(H,18,19,21). The number of carbonyl (C=O) groups excluding carboxylic acids is 1. The summed E-state index contributed by atoms with van der Waals surface area (Å²) < 4.78 is 3.41. The Hall–Kier alpha value is -1.49. The van der Waals surface area contributed by atoms with Gasteiger partial charge in [-0.2, -0.15) is 0 Å². The maximum Gasteiger partial charge on any atom is 0.226 e. The minimum absolute atomic E-state index is 0.0187. The summed E-state index contributed by atoms with van der Waals surface area (Å²) in [5.41, 5.74) is 1.91. The van der Waals surface area contributed by atoms with E-state index in [1.807, 2.05) is 35.7 Å². The molecule has 2 rings (SSSR count). The number of hydrogen-bond acceptors (Lipinski definition) is 8. The fraction of sp³-hybridized carbons (Fsp3) is 0.333. The molecule has 0 radical (unpaired) electrons. The van der Waals surface area contributed by atoms with Crippen LogP contribution in [0.25, 0.3) is 11.3 Å². The number of aromatic nitrogens is 1.